The van der Waals surface area contributed by atoms with Crippen molar-refractivity contribution in [3.8, 4) is 0 Å². The van der Waals surface area contributed by atoms with Gasteiger partial charge in [-0.1, -0.05) is 47.5 Å². The van der Waals surface area contributed by atoms with Crippen molar-refractivity contribution >= 4 is 40.9 Å². The number of carbonyl (C=O) groups excluding carboxylic acids is 3. The van der Waals surface area contributed by atoms with Crippen LogP contribution in [0.5, 0.6) is 0 Å². The third kappa shape index (κ3) is 10.8. The van der Waals surface area contributed by atoms with Gasteiger partial charge in [-0.3, -0.25) is 14.4 Å². The highest BCUT2D eigenvalue weighted by molar-refractivity contribution is 6.42. The summed E-state index contributed by atoms with van der Waals surface area (Å²) in [7, 11) is 1.70. The van der Waals surface area contributed by atoms with E-state index >= 15 is 0 Å². The number of halogens is 8. The molecule has 1 unspecified atom stereocenters. The molecule has 3 rings (SSSR count). The third-order valence-corrected chi connectivity index (χ3v) is 8.43. The van der Waals surface area contributed by atoms with Crippen LogP contribution in [-0.4, -0.2) is 97.1 Å². The van der Waals surface area contributed by atoms with E-state index in [0.717, 1.165) is 5.56 Å². The quantitative estimate of drug-likeness (QED) is 0.215. The lowest BCUT2D eigenvalue weighted by atomic mass is 9.93. The van der Waals surface area contributed by atoms with Crippen LogP contribution in [0, 0.1) is 0 Å². The van der Waals surface area contributed by atoms with Crippen molar-refractivity contribution in [2.75, 3.05) is 46.3 Å². The SMILES string of the molecule is CN(CC(CCN1CCC(N(CCCNC(=O)C(F)(F)F)C(=O)C(F)(F)F)CC1)c1ccc(Cl)c(Cl)c1)C(=O)c1ccccc1. The molecule has 2 aromatic carbocycles. The molecule has 45 heavy (non-hydrogen) atoms. The monoisotopic (exact) mass is 682 g/mol. The molecule has 1 fully saturated rings. The molecule has 1 aliphatic rings. The predicted molar refractivity (Wildman–Crippen MR) is 158 cm³/mol. The van der Waals surface area contributed by atoms with E-state index in [0.29, 0.717) is 53.1 Å². The molecule has 15 heteroatoms. The number of piperidine rings is 1. The van der Waals surface area contributed by atoms with E-state index in [-0.39, 0.29) is 31.1 Å². The maximum Gasteiger partial charge on any atom is 0.471 e. The Morgan fingerprint density at radius 3 is 2.18 bits per heavy atom. The second kappa shape index (κ2) is 16.0. The fraction of sp³-hybridized carbons (Fsp3) is 0.500. The number of nitrogens with one attached hydrogen (secondary N) is 1. The predicted octanol–water partition coefficient (Wildman–Crippen LogP) is 6.16. The van der Waals surface area contributed by atoms with Gasteiger partial charge in [-0.25, -0.2) is 0 Å². The number of amides is 3. The fourth-order valence-corrected chi connectivity index (χ4v) is 5.61. The Kier molecular flexibility index (Phi) is 13.0. The van der Waals surface area contributed by atoms with Gasteiger partial charge in [-0.2, -0.15) is 26.3 Å². The van der Waals surface area contributed by atoms with Crippen molar-refractivity contribution < 1.29 is 40.7 Å². The number of nitrogens with zero attached hydrogens (tertiary/aromatic N) is 3. The highest BCUT2D eigenvalue weighted by atomic mass is 35.5. The number of alkyl halides is 6. The van der Waals surface area contributed by atoms with Gasteiger partial charge in [-0.05, 0) is 62.1 Å². The first-order valence-electron chi connectivity index (χ1n) is 14.3. The van der Waals surface area contributed by atoms with Crippen LogP contribution in [0.25, 0.3) is 0 Å². The molecule has 0 saturated carbocycles. The van der Waals surface area contributed by atoms with Crippen LogP contribution in [0.2, 0.25) is 10.0 Å². The van der Waals surface area contributed by atoms with E-state index < -0.39 is 43.3 Å². The molecule has 248 valence electrons. The van der Waals surface area contributed by atoms with Gasteiger partial charge >= 0.3 is 24.2 Å². The Hall–Kier alpha value is -3.03. The molecule has 1 aliphatic heterocycles. The molecule has 0 spiro atoms. The number of benzene rings is 2. The first-order valence-corrected chi connectivity index (χ1v) is 15.0. The van der Waals surface area contributed by atoms with E-state index in [1.165, 1.54) is 0 Å². The van der Waals surface area contributed by atoms with Crippen LogP contribution in [0.3, 0.4) is 0 Å². The first kappa shape index (κ1) is 36.4. The molecule has 0 aliphatic carbocycles. The smallest absolute Gasteiger partial charge is 0.348 e. The van der Waals surface area contributed by atoms with Gasteiger partial charge in [0.2, 0.25) is 0 Å². The van der Waals surface area contributed by atoms with Crippen molar-refractivity contribution in [1.82, 2.24) is 20.0 Å². The van der Waals surface area contributed by atoms with Crippen molar-refractivity contribution in [2.45, 2.75) is 50.0 Å². The summed E-state index contributed by atoms with van der Waals surface area (Å²) in [5, 5.41) is 2.36. The molecular formula is C30H34Cl2F6N4O3. The lowest BCUT2D eigenvalue weighted by Crippen LogP contribution is -2.52. The van der Waals surface area contributed by atoms with Crippen LogP contribution in [-0.2, 0) is 9.59 Å². The minimum absolute atomic E-state index is 0.148. The second-order valence-electron chi connectivity index (χ2n) is 10.9. The summed E-state index contributed by atoms with van der Waals surface area (Å²) < 4.78 is 77.3. The summed E-state index contributed by atoms with van der Waals surface area (Å²) in [5.41, 5.74) is 1.40. The van der Waals surface area contributed by atoms with Crippen molar-refractivity contribution in [1.29, 1.82) is 0 Å². The number of hydrogen-bond acceptors (Lipinski definition) is 4. The average molecular weight is 684 g/mol. The summed E-state index contributed by atoms with van der Waals surface area (Å²) in [6.45, 7) is 0.676. The van der Waals surface area contributed by atoms with E-state index in [9.17, 15) is 40.7 Å². The summed E-state index contributed by atoms with van der Waals surface area (Å²) in [5.74, 6) is -4.56. The summed E-state index contributed by atoms with van der Waals surface area (Å²) in [6, 6.07) is 13.3. The van der Waals surface area contributed by atoms with Crippen molar-refractivity contribution in [3.63, 3.8) is 0 Å². The Bertz CT molecular complexity index is 1300. The van der Waals surface area contributed by atoms with Crippen LogP contribution in [0.15, 0.2) is 48.5 Å². The van der Waals surface area contributed by atoms with Crippen LogP contribution < -0.4 is 5.32 Å². The lowest BCUT2D eigenvalue weighted by molar-refractivity contribution is -0.188. The highest BCUT2D eigenvalue weighted by Gasteiger charge is 2.45. The molecule has 0 bridgehead atoms. The van der Waals surface area contributed by atoms with E-state index in [1.807, 2.05) is 12.1 Å². The Morgan fingerprint density at radius 1 is 0.956 bits per heavy atom. The summed E-state index contributed by atoms with van der Waals surface area (Å²) in [6.07, 6.45) is -9.51. The number of carbonyl (C=O) groups is 3. The molecule has 1 atom stereocenters. The summed E-state index contributed by atoms with van der Waals surface area (Å²) >= 11 is 12.4. The van der Waals surface area contributed by atoms with Crippen LogP contribution in [0.1, 0.15) is 47.5 Å². The number of hydrogen-bond donors (Lipinski definition) is 1. The normalized spacial score (nSPS) is 15.4. The number of rotatable bonds is 12. The van der Waals surface area contributed by atoms with Gasteiger partial charge in [-0.15, -0.1) is 0 Å². The Balaban J connectivity index is 1.62. The lowest BCUT2D eigenvalue weighted by Gasteiger charge is -2.39. The van der Waals surface area contributed by atoms with E-state index in [2.05, 4.69) is 4.90 Å². The molecule has 1 saturated heterocycles. The molecule has 0 radical (unpaired) electrons. The minimum Gasteiger partial charge on any atom is -0.348 e. The standard InChI is InChI=1S/C30H34Cl2F6N4O3/c1-40(26(43)20-6-3-2-4-7-20)19-22(21-8-9-24(31)25(32)18-21)10-15-41-16-11-23(12-17-41)42(28(45)30(36,37)38)14-5-13-39-27(44)29(33,34)35/h2-4,6-9,18,22-23H,5,10-17,19H2,1H3,(H,39,44). The average Bonchev–Trinajstić information content (AvgIpc) is 2.99. The molecule has 1 N–H and O–H groups in total. The highest BCUT2D eigenvalue weighted by Crippen LogP contribution is 2.30. The Morgan fingerprint density at radius 2 is 1.60 bits per heavy atom. The van der Waals surface area contributed by atoms with Gasteiger partial charge in [0.15, 0.2) is 0 Å². The molecule has 7 nitrogen and oxygen atoms in total. The van der Waals surface area contributed by atoms with Crippen LogP contribution in [0.4, 0.5) is 26.3 Å². The van der Waals surface area contributed by atoms with Gasteiger partial charge < -0.3 is 20.0 Å². The summed E-state index contributed by atoms with van der Waals surface area (Å²) in [4.78, 5) is 40.5. The molecule has 3 amide bonds. The zero-order chi connectivity index (χ0) is 33.4. The number of likely N-dealkylation sites (tertiary alicyclic amines) is 1. The molecule has 1 heterocycles. The molecule has 2 aromatic rings. The maximum absolute atomic E-state index is 13.4. The van der Waals surface area contributed by atoms with Crippen LogP contribution >= 0.6 is 23.2 Å². The van der Waals surface area contributed by atoms with Gasteiger partial charge in [0.1, 0.15) is 0 Å². The number of likely N-dealkylation sites (N-methyl/N-ethyl adjacent to an activating group) is 1. The van der Waals surface area contributed by atoms with Gasteiger partial charge in [0.25, 0.3) is 5.91 Å². The maximum atomic E-state index is 13.4. The zero-order valence-electron chi connectivity index (χ0n) is 24.4. The second-order valence-corrected chi connectivity index (χ2v) is 11.7. The zero-order valence-corrected chi connectivity index (χ0v) is 25.9. The van der Waals surface area contributed by atoms with E-state index in [1.54, 1.807) is 53.7 Å². The van der Waals surface area contributed by atoms with E-state index in [4.69, 9.17) is 23.2 Å². The van der Waals surface area contributed by atoms with Gasteiger partial charge in [0.05, 0.1) is 10.0 Å². The molecular weight excluding hydrogens is 649 g/mol. The van der Waals surface area contributed by atoms with Gasteiger partial charge in [0, 0.05) is 57.3 Å². The largest absolute Gasteiger partial charge is 0.471 e. The van der Waals surface area contributed by atoms with Crippen molar-refractivity contribution in [3.05, 3.63) is 69.7 Å². The topological polar surface area (TPSA) is 73.0 Å². The van der Waals surface area contributed by atoms with Crippen molar-refractivity contribution in [2.24, 2.45) is 0 Å². The third-order valence-electron chi connectivity index (χ3n) is 7.69. The Labute approximate surface area is 267 Å². The fourth-order valence-electron chi connectivity index (χ4n) is 5.30. The first-order chi connectivity index (χ1) is 21.1. The molecule has 0 aromatic heterocycles. The minimum atomic E-state index is -5.15.